The normalized spacial score (nSPS) is 10.7. The lowest BCUT2D eigenvalue weighted by Crippen LogP contribution is -2.14. The fourth-order valence-electron chi connectivity index (χ4n) is 2.70. The number of carbonyl (C=O) groups is 1. The number of nitrogens with one attached hydrogen (secondary N) is 1. The van der Waals surface area contributed by atoms with Crippen molar-refractivity contribution in [2.75, 3.05) is 5.32 Å². The maximum absolute atomic E-state index is 12.1. The highest BCUT2D eigenvalue weighted by molar-refractivity contribution is 5.90. The molecule has 10 nitrogen and oxygen atoms in total. The van der Waals surface area contributed by atoms with Crippen LogP contribution in [0.25, 0.3) is 0 Å². The third-order valence-electron chi connectivity index (χ3n) is 4.30. The van der Waals surface area contributed by atoms with E-state index in [1.807, 2.05) is 24.3 Å². The summed E-state index contributed by atoms with van der Waals surface area (Å²) in [6, 6.07) is 7.85. The number of hydrogen-bond acceptors (Lipinski definition) is 6. The summed E-state index contributed by atoms with van der Waals surface area (Å²) in [5.74, 6) is 0.503. The average Bonchev–Trinajstić information content (AvgIpc) is 3.31. The van der Waals surface area contributed by atoms with E-state index >= 15 is 0 Å². The zero-order valence-electron chi connectivity index (χ0n) is 16.2. The second-order valence-electron chi connectivity index (χ2n) is 6.46. The first-order chi connectivity index (χ1) is 13.9. The van der Waals surface area contributed by atoms with Crippen LogP contribution in [0.1, 0.15) is 24.6 Å². The molecule has 0 aliphatic heterocycles. The number of aryl methyl sites for hydroxylation is 3. The molecular weight excluding hydrogens is 376 g/mol. The first kappa shape index (κ1) is 20.1. The van der Waals surface area contributed by atoms with Crippen LogP contribution in [-0.4, -0.2) is 30.4 Å². The van der Waals surface area contributed by atoms with Gasteiger partial charge < -0.3 is 10.1 Å². The van der Waals surface area contributed by atoms with Gasteiger partial charge in [-0.15, -0.1) is 0 Å². The minimum absolute atomic E-state index is 0.0592. The van der Waals surface area contributed by atoms with Crippen LogP contribution in [0.5, 0.6) is 5.75 Å². The third-order valence-corrected chi connectivity index (χ3v) is 4.30. The molecule has 10 heteroatoms. The maximum Gasteiger partial charge on any atom is 0.309 e. The van der Waals surface area contributed by atoms with E-state index in [1.165, 1.54) is 22.6 Å². The van der Waals surface area contributed by atoms with E-state index in [4.69, 9.17) is 4.74 Å². The summed E-state index contributed by atoms with van der Waals surface area (Å²) in [6.07, 6.45) is 5.62. The van der Waals surface area contributed by atoms with Crippen LogP contribution < -0.4 is 10.1 Å². The Bertz CT molecular complexity index is 993. The van der Waals surface area contributed by atoms with Crippen molar-refractivity contribution in [3.63, 3.8) is 0 Å². The van der Waals surface area contributed by atoms with E-state index in [0.717, 1.165) is 12.2 Å². The molecule has 3 rings (SSSR count). The summed E-state index contributed by atoms with van der Waals surface area (Å²) in [5, 5.41) is 21.8. The molecule has 3 aromatic rings. The molecule has 0 aliphatic carbocycles. The lowest BCUT2D eigenvalue weighted by atomic mass is 10.2. The van der Waals surface area contributed by atoms with E-state index in [-0.39, 0.29) is 31.3 Å². The molecule has 0 atom stereocenters. The van der Waals surface area contributed by atoms with Crippen LogP contribution in [0.4, 0.5) is 11.4 Å². The largest absolute Gasteiger partial charge is 0.471 e. The van der Waals surface area contributed by atoms with Crippen molar-refractivity contribution in [2.45, 2.75) is 40.0 Å². The van der Waals surface area contributed by atoms with E-state index < -0.39 is 4.92 Å². The van der Waals surface area contributed by atoms with Crippen molar-refractivity contribution < 1.29 is 14.5 Å². The molecule has 0 bridgehead atoms. The smallest absolute Gasteiger partial charge is 0.309 e. The number of hydrogen-bond donors (Lipinski definition) is 1. The number of carbonyl (C=O) groups excluding carboxylic acids is 1. The molecule has 0 spiro atoms. The van der Waals surface area contributed by atoms with Crippen LogP contribution in [0.15, 0.2) is 42.9 Å². The van der Waals surface area contributed by atoms with Gasteiger partial charge >= 0.3 is 5.69 Å². The molecular formula is C19H22N6O4. The number of ether oxygens (including phenoxy) is 1. The molecule has 1 aromatic carbocycles. The van der Waals surface area contributed by atoms with Crippen LogP contribution in [0, 0.1) is 17.0 Å². The molecule has 0 aliphatic rings. The number of benzene rings is 1. The molecule has 2 aromatic heterocycles. The SMILES string of the molecule is CCc1ccc(OCn2cc(NC(=O)CCn3cc([N+](=O)[O-])c(C)n3)cn2)cc1. The Kier molecular flexibility index (Phi) is 6.22. The van der Waals surface area contributed by atoms with Crippen molar-refractivity contribution in [2.24, 2.45) is 0 Å². The molecule has 1 amide bonds. The Morgan fingerprint density at radius 1 is 1.24 bits per heavy atom. The molecule has 29 heavy (non-hydrogen) atoms. The fraction of sp³-hybridized carbons (Fsp3) is 0.316. The van der Waals surface area contributed by atoms with E-state index in [2.05, 4.69) is 22.4 Å². The lowest BCUT2D eigenvalue weighted by molar-refractivity contribution is -0.385. The predicted molar refractivity (Wildman–Crippen MR) is 106 cm³/mol. The van der Waals surface area contributed by atoms with Crippen LogP contribution >= 0.6 is 0 Å². The second-order valence-corrected chi connectivity index (χ2v) is 6.46. The van der Waals surface area contributed by atoms with Gasteiger partial charge in [0.1, 0.15) is 17.6 Å². The maximum atomic E-state index is 12.1. The zero-order valence-corrected chi connectivity index (χ0v) is 16.2. The zero-order chi connectivity index (χ0) is 20.8. The molecule has 1 N–H and O–H groups in total. The molecule has 0 unspecified atom stereocenters. The molecule has 0 saturated carbocycles. The Labute approximate surface area is 167 Å². The standard InChI is InChI=1S/C19H22N6O4/c1-3-15-4-6-17(7-5-15)29-13-24-11-16(10-20-24)21-19(26)8-9-23-12-18(25(27)28)14(2)22-23/h4-7,10-12H,3,8-9,13H2,1-2H3,(H,21,26). The topological polar surface area (TPSA) is 117 Å². The van der Waals surface area contributed by atoms with Gasteiger partial charge in [0.15, 0.2) is 6.73 Å². The third kappa shape index (κ3) is 5.41. The summed E-state index contributed by atoms with van der Waals surface area (Å²) < 4.78 is 8.64. The van der Waals surface area contributed by atoms with E-state index in [9.17, 15) is 14.9 Å². The van der Waals surface area contributed by atoms with Gasteiger partial charge in [-0.25, -0.2) is 4.68 Å². The first-order valence-electron chi connectivity index (χ1n) is 9.17. The summed E-state index contributed by atoms with van der Waals surface area (Å²) in [4.78, 5) is 22.5. The second kappa shape index (κ2) is 9.00. The van der Waals surface area contributed by atoms with Crippen molar-refractivity contribution in [1.29, 1.82) is 0 Å². The Morgan fingerprint density at radius 2 is 2.00 bits per heavy atom. The summed E-state index contributed by atoms with van der Waals surface area (Å²) in [5.41, 5.74) is 2.04. The molecule has 2 heterocycles. The van der Waals surface area contributed by atoms with E-state index in [0.29, 0.717) is 11.4 Å². The van der Waals surface area contributed by atoms with Crippen LogP contribution in [-0.2, 0) is 24.5 Å². The highest BCUT2D eigenvalue weighted by Gasteiger charge is 2.15. The van der Waals surface area contributed by atoms with Gasteiger partial charge in [0.25, 0.3) is 0 Å². The number of nitrogens with zero attached hydrogens (tertiary/aromatic N) is 5. The van der Waals surface area contributed by atoms with Crippen molar-refractivity contribution >= 4 is 17.3 Å². The first-order valence-corrected chi connectivity index (χ1v) is 9.17. The van der Waals surface area contributed by atoms with Crippen molar-refractivity contribution in [3.05, 3.63) is 64.2 Å². The number of rotatable bonds is 9. The van der Waals surface area contributed by atoms with Gasteiger partial charge in [-0.1, -0.05) is 19.1 Å². The highest BCUT2D eigenvalue weighted by Crippen LogP contribution is 2.16. The van der Waals surface area contributed by atoms with E-state index in [1.54, 1.807) is 17.8 Å². The summed E-state index contributed by atoms with van der Waals surface area (Å²) >= 11 is 0. The number of anilines is 1. The van der Waals surface area contributed by atoms with Crippen molar-refractivity contribution in [1.82, 2.24) is 19.6 Å². The van der Waals surface area contributed by atoms with Gasteiger partial charge in [-0.05, 0) is 31.0 Å². The summed E-state index contributed by atoms with van der Waals surface area (Å²) in [6.45, 7) is 4.11. The van der Waals surface area contributed by atoms with Crippen LogP contribution in [0.2, 0.25) is 0 Å². The van der Waals surface area contributed by atoms with Gasteiger partial charge in [-0.3, -0.25) is 19.6 Å². The minimum Gasteiger partial charge on any atom is -0.471 e. The van der Waals surface area contributed by atoms with Gasteiger partial charge in [-0.2, -0.15) is 10.2 Å². The lowest BCUT2D eigenvalue weighted by Gasteiger charge is -2.06. The average molecular weight is 398 g/mol. The highest BCUT2D eigenvalue weighted by atomic mass is 16.6. The Hall–Kier alpha value is -3.69. The quantitative estimate of drug-likeness (QED) is 0.437. The molecule has 0 saturated heterocycles. The molecule has 0 fully saturated rings. The monoisotopic (exact) mass is 398 g/mol. The van der Waals surface area contributed by atoms with Crippen LogP contribution in [0.3, 0.4) is 0 Å². The van der Waals surface area contributed by atoms with Gasteiger partial charge in [0, 0.05) is 13.0 Å². The Balaban J connectivity index is 1.47. The predicted octanol–water partition coefficient (Wildman–Crippen LogP) is 2.92. The van der Waals surface area contributed by atoms with Crippen molar-refractivity contribution in [3.8, 4) is 5.75 Å². The number of aromatic nitrogens is 4. The molecule has 0 radical (unpaired) electrons. The van der Waals surface area contributed by atoms with Gasteiger partial charge in [0.2, 0.25) is 5.91 Å². The number of nitro groups is 1. The van der Waals surface area contributed by atoms with Gasteiger partial charge in [0.05, 0.1) is 23.0 Å². The Morgan fingerprint density at radius 3 is 2.66 bits per heavy atom. The minimum atomic E-state index is -0.493. The summed E-state index contributed by atoms with van der Waals surface area (Å²) in [7, 11) is 0. The molecule has 152 valence electrons. The number of amides is 1. The fourth-order valence-corrected chi connectivity index (χ4v) is 2.70.